The van der Waals surface area contributed by atoms with Gasteiger partial charge in [0.2, 0.25) is 0 Å². The molecule has 1 N–H and O–H groups in total. The summed E-state index contributed by atoms with van der Waals surface area (Å²) in [7, 11) is 2.02. The van der Waals surface area contributed by atoms with Crippen molar-refractivity contribution in [2.24, 2.45) is 7.05 Å². The Labute approximate surface area is 106 Å². The fraction of sp³-hybridized carbons (Fsp3) is 0.538. The van der Waals surface area contributed by atoms with Gasteiger partial charge in [-0.05, 0) is 26.2 Å². The molecular weight excluding hydrogens is 228 g/mol. The number of hydrogen-bond acceptors (Lipinski definition) is 4. The summed E-state index contributed by atoms with van der Waals surface area (Å²) in [6, 6.07) is 2.36. The maximum Gasteiger partial charge on any atom is 0.133 e. The van der Waals surface area contributed by atoms with Crippen LogP contribution in [-0.2, 0) is 20.0 Å². The van der Waals surface area contributed by atoms with E-state index in [9.17, 15) is 0 Å². The van der Waals surface area contributed by atoms with Gasteiger partial charge in [-0.2, -0.15) is 5.10 Å². The van der Waals surface area contributed by atoms with Crippen molar-refractivity contribution in [3.05, 3.63) is 35.0 Å². The lowest BCUT2D eigenvalue weighted by Gasteiger charge is -2.23. The normalized spacial score (nSPS) is 18.9. The average molecular weight is 246 g/mol. The molecule has 0 amide bonds. The first-order valence-corrected chi connectivity index (χ1v) is 6.40. The van der Waals surface area contributed by atoms with Crippen LogP contribution in [0.2, 0.25) is 0 Å². The zero-order valence-corrected chi connectivity index (χ0v) is 10.8. The third-order valence-electron chi connectivity index (χ3n) is 3.58. The molecule has 2 aromatic heterocycles. The number of hydrogen-bond donors (Lipinski definition) is 1. The molecule has 0 bridgehead atoms. The lowest BCUT2D eigenvalue weighted by Crippen LogP contribution is -2.25. The summed E-state index contributed by atoms with van der Waals surface area (Å²) in [6.07, 6.45) is 5.49. The summed E-state index contributed by atoms with van der Waals surface area (Å²) in [4.78, 5) is 0. The van der Waals surface area contributed by atoms with Crippen molar-refractivity contribution in [2.45, 2.75) is 38.8 Å². The first-order chi connectivity index (χ1) is 8.74. The van der Waals surface area contributed by atoms with Crippen LogP contribution in [0.1, 0.15) is 41.6 Å². The summed E-state index contributed by atoms with van der Waals surface area (Å²) in [6.45, 7) is 2.66. The van der Waals surface area contributed by atoms with Crippen LogP contribution in [0.4, 0.5) is 0 Å². The van der Waals surface area contributed by atoms with Crippen molar-refractivity contribution in [3.8, 4) is 0 Å². The topological polar surface area (TPSA) is 55.9 Å². The molecule has 0 saturated heterocycles. The molecule has 18 heavy (non-hydrogen) atoms. The summed E-state index contributed by atoms with van der Waals surface area (Å²) in [5.74, 6) is 0.859. The number of rotatable bonds is 3. The van der Waals surface area contributed by atoms with E-state index in [1.807, 2.05) is 30.9 Å². The number of aromatic nitrogens is 3. The molecule has 1 unspecified atom stereocenters. The molecule has 5 nitrogen and oxygen atoms in total. The smallest absolute Gasteiger partial charge is 0.133 e. The summed E-state index contributed by atoms with van der Waals surface area (Å²) >= 11 is 0. The molecule has 0 aliphatic heterocycles. The molecule has 96 valence electrons. The van der Waals surface area contributed by atoms with E-state index in [1.165, 1.54) is 17.7 Å². The highest BCUT2D eigenvalue weighted by Gasteiger charge is 2.23. The minimum absolute atomic E-state index is 0.388. The Hall–Kier alpha value is -1.62. The van der Waals surface area contributed by atoms with Crippen molar-refractivity contribution in [3.63, 3.8) is 0 Å². The highest BCUT2D eigenvalue weighted by atomic mass is 16.5. The lowest BCUT2D eigenvalue weighted by molar-refractivity contribution is 0.381. The minimum atomic E-state index is 0.388. The van der Waals surface area contributed by atoms with Gasteiger partial charge in [0.1, 0.15) is 5.76 Å². The molecule has 1 atom stereocenters. The van der Waals surface area contributed by atoms with Gasteiger partial charge in [0.25, 0.3) is 0 Å². The van der Waals surface area contributed by atoms with E-state index in [1.54, 1.807) is 0 Å². The fourth-order valence-electron chi connectivity index (χ4n) is 2.65. The summed E-state index contributed by atoms with van der Waals surface area (Å²) in [5.41, 5.74) is 3.66. The molecule has 0 aromatic carbocycles. The maximum absolute atomic E-state index is 5.07. The van der Waals surface area contributed by atoms with Gasteiger partial charge < -0.3 is 9.84 Å². The molecule has 0 fully saturated rings. The van der Waals surface area contributed by atoms with E-state index in [4.69, 9.17) is 4.52 Å². The van der Waals surface area contributed by atoms with E-state index < -0.39 is 0 Å². The molecule has 2 heterocycles. The molecule has 0 saturated carbocycles. The molecule has 3 rings (SSSR count). The SMILES string of the molecule is Cc1cc(CNC2CCCc3c2cnn3C)no1. The Balaban J connectivity index is 1.71. The molecule has 1 aliphatic carbocycles. The fourth-order valence-corrected chi connectivity index (χ4v) is 2.65. The van der Waals surface area contributed by atoms with Gasteiger partial charge in [-0.3, -0.25) is 4.68 Å². The van der Waals surface area contributed by atoms with Crippen molar-refractivity contribution in [2.75, 3.05) is 0 Å². The Morgan fingerprint density at radius 2 is 2.44 bits per heavy atom. The molecule has 2 aromatic rings. The van der Waals surface area contributed by atoms with Crippen LogP contribution in [0.25, 0.3) is 0 Å². The minimum Gasteiger partial charge on any atom is -0.361 e. The number of nitrogens with one attached hydrogen (secondary N) is 1. The highest BCUT2D eigenvalue weighted by molar-refractivity contribution is 5.24. The zero-order chi connectivity index (χ0) is 12.5. The first kappa shape index (κ1) is 11.5. The van der Waals surface area contributed by atoms with E-state index in [-0.39, 0.29) is 0 Å². The quantitative estimate of drug-likeness (QED) is 0.898. The highest BCUT2D eigenvalue weighted by Crippen LogP contribution is 2.29. The monoisotopic (exact) mass is 246 g/mol. The van der Waals surface area contributed by atoms with Crippen LogP contribution in [0.5, 0.6) is 0 Å². The first-order valence-electron chi connectivity index (χ1n) is 6.40. The van der Waals surface area contributed by atoms with Crippen LogP contribution in [0.3, 0.4) is 0 Å². The zero-order valence-electron chi connectivity index (χ0n) is 10.8. The van der Waals surface area contributed by atoms with E-state index in [0.29, 0.717) is 6.04 Å². The molecular formula is C13H18N4O. The van der Waals surface area contributed by atoms with Crippen LogP contribution in [0.15, 0.2) is 16.8 Å². The van der Waals surface area contributed by atoms with Gasteiger partial charge in [-0.25, -0.2) is 0 Å². The van der Waals surface area contributed by atoms with Gasteiger partial charge in [0.05, 0.1) is 11.9 Å². The van der Waals surface area contributed by atoms with Crippen LogP contribution in [0, 0.1) is 6.92 Å². The predicted molar refractivity (Wildman–Crippen MR) is 67.0 cm³/mol. The van der Waals surface area contributed by atoms with Crippen molar-refractivity contribution in [1.29, 1.82) is 0 Å². The molecule has 0 spiro atoms. The largest absolute Gasteiger partial charge is 0.361 e. The van der Waals surface area contributed by atoms with Gasteiger partial charge in [-0.15, -0.1) is 0 Å². The second-order valence-electron chi connectivity index (χ2n) is 4.92. The third-order valence-corrected chi connectivity index (χ3v) is 3.58. The molecule has 1 aliphatic rings. The van der Waals surface area contributed by atoms with Gasteiger partial charge >= 0.3 is 0 Å². The second kappa shape index (κ2) is 4.57. The van der Waals surface area contributed by atoms with E-state index in [0.717, 1.165) is 30.8 Å². The van der Waals surface area contributed by atoms with E-state index >= 15 is 0 Å². The van der Waals surface area contributed by atoms with Crippen LogP contribution in [-0.4, -0.2) is 14.9 Å². The standard InChI is InChI=1S/C13H18N4O/c1-9-6-10(16-18-9)7-14-12-4-3-5-13-11(12)8-15-17(13)2/h6,8,12,14H,3-5,7H2,1-2H3. The van der Waals surface area contributed by atoms with Crippen molar-refractivity contribution in [1.82, 2.24) is 20.3 Å². The summed E-state index contributed by atoms with van der Waals surface area (Å²) < 4.78 is 7.06. The second-order valence-corrected chi connectivity index (χ2v) is 4.92. The molecule has 5 heteroatoms. The number of aryl methyl sites for hydroxylation is 2. The Morgan fingerprint density at radius 3 is 3.22 bits per heavy atom. The maximum atomic E-state index is 5.07. The van der Waals surface area contributed by atoms with E-state index in [2.05, 4.69) is 15.6 Å². The lowest BCUT2D eigenvalue weighted by atomic mass is 9.93. The van der Waals surface area contributed by atoms with Crippen molar-refractivity contribution >= 4 is 0 Å². The number of nitrogens with zero attached hydrogens (tertiary/aromatic N) is 3. The Bertz CT molecular complexity index is 543. The van der Waals surface area contributed by atoms with Crippen LogP contribution >= 0.6 is 0 Å². The Morgan fingerprint density at radius 1 is 1.56 bits per heavy atom. The van der Waals surface area contributed by atoms with Crippen LogP contribution < -0.4 is 5.32 Å². The summed E-state index contributed by atoms with van der Waals surface area (Å²) in [5, 5.41) is 11.9. The van der Waals surface area contributed by atoms with Gasteiger partial charge in [0.15, 0.2) is 0 Å². The van der Waals surface area contributed by atoms with Gasteiger partial charge in [-0.1, -0.05) is 5.16 Å². The van der Waals surface area contributed by atoms with Gasteiger partial charge in [0, 0.05) is 37.0 Å². The predicted octanol–water partition coefficient (Wildman–Crippen LogP) is 1.88. The third kappa shape index (κ3) is 2.06. The van der Waals surface area contributed by atoms with Crippen molar-refractivity contribution < 1.29 is 4.52 Å². The number of fused-ring (bicyclic) bond motifs is 1. The Kier molecular flexibility index (Phi) is 2.91. The average Bonchev–Trinajstić information content (AvgIpc) is 2.94. The molecule has 0 radical (unpaired) electrons.